The number of carbonyl (C=O) groups is 1. The molecule has 1 saturated carbocycles. The number of nitrogens with zero attached hydrogens (tertiary/aromatic N) is 4. The second-order valence-corrected chi connectivity index (χ2v) is 4.78. The van der Waals surface area contributed by atoms with E-state index in [9.17, 15) is 9.18 Å². The summed E-state index contributed by atoms with van der Waals surface area (Å²) in [5.74, 6) is 0.906. The molecule has 0 radical (unpaired) electrons. The third-order valence-corrected chi connectivity index (χ3v) is 3.62. The van der Waals surface area contributed by atoms with Gasteiger partial charge in [0.05, 0.1) is 6.04 Å². The fraction of sp³-hybridized carbons (Fsp3) is 0.583. The quantitative estimate of drug-likeness (QED) is 0.766. The van der Waals surface area contributed by atoms with Crippen LogP contribution in [-0.2, 0) is 0 Å². The predicted molar refractivity (Wildman–Crippen MR) is 63.6 cm³/mol. The molecule has 5 nitrogen and oxygen atoms in total. The van der Waals surface area contributed by atoms with Gasteiger partial charge in [0.15, 0.2) is 0 Å². The van der Waals surface area contributed by atoms with Crippen molar-refractivity contribution in [2.75, 3.05) is 18.0 Å². The van der Waals surface area contributed by atoms with Gasteiger partial charge in [0.25, 0.3) is 0 Å². The van der Waals surface area contributed by atoms with Crippen LogP contribution in [0.3, 0.4) is 0 Å². The van der Waals surface area contributed by atoms with Gasteiger partial charge in [-0.2, -0.15) is 9.37 Å². The van der Waals surface area contributed by atoms with Crippen molar-refractivity contribution in [3.63, 3.8) is 0 Å². The summed E-state index contributed by atoms with van der Waals surface area (Å²) in [5.41, 5.74) is 0. The van der Waals surface area contributed by atoms with E-state index >= 15 is 0 Å². The van der Waals surface area contributed by atoms with Gasteiger partial charge < -0.3 is 4.90 Å². The van der Waals surface area contributed by atoms with Crippen molar-refractivity contribution >= 4 is 11.8 Å². The number of carbonyl (C=O) groups excluding carboxylic acids is 1. The van der Waals surface area contributed by atoms with Gasteiger partial charge in [-0.15, -0.1) is 0 Å². The van der Waals surface area contributed by atoms with Crippen molar-refractivity contribution < 1.29 is 9.18 Å². The number of likely N-dealkylation sites (N-methyl/N-ethyl adjacent to an activating group) is 1. The average molecular weight is 250 g/mol. The Morgan fingerprint density at radius 1 is 1.50 bits per heavy atom. The van der Waals surface area contributed by atoms with E-state index in [1.807, 2.05) is 6.92 Å². The number of hydrogen-bond acceptors (Lipinski definition) is 3. The molecule has 3 rings (SSSR count). The van der Waals surface area contributed by atoms with Gasteiger partial charge in [-0.1, -0.05) is 0 Å². The average Bonchev–Trinajstić information content (AvgIpc) is 3.13. The fourth-order valence-electron chi connectivity index (χ4n) is 2.51. The molecule has 0 aromatic carbocycles. The van der Waals surface area contributed by atoms with Crippen LogP contribution in [0.15, 0.2) is 12.3 Å². The lowest BCUT2D eigenvalue weighted by Gasteiger charge is -2.21. The van der Waals surface area contributed by atoms with Crippen LogP contribution in [0.25, 0.3) is 0 Å². The molecule has 2 aliphatic rings. The minimum Gasteiger partial charge on any atom is -0.322 e. The highest BCUT2D eigenvalue weighted by molar-refractivity contribution is 5.94. The summed E-state index contributed by atoms with van der Waals surface area (Å²) in [4.78, 5) is 22.8. The molecule has 1 aromatic heterocycles. The number of urea groups is 1. The number of anilines is 1. The fourth-order valence-corrected chi connectivity index (χ4v) is 2.51. The summed E-state index contributed by atoms with van der Waals surface area (Å²) in [6, 6.07) is 1.65. The van der Waals surface area contributed by atoms with E-state index in [-0.39, 0.29) is 12.1 Å². The van der Waals surface area contributed by atoms with Gasteiger partial charge >= 0.3 is 12.1 Å². The molecule has 1 aliphatic heterocycles. The lowest BCUT2D eigenvalue weighted by molar-refractivity contribution is 0.222. The zero-order valence-electron chi connectivity index (χ0n) is 10.2. The number of amides is 2. The summed E-state index contributed by atoms with van der Waals surface area (Å²) >= 11 is 0. The summed E-state index contributed by atoms with van der Waals surface area (Å²) in [7, 11) is 0. The van der Waals surface area contributed by atoms with Crippen LogP contribution in [0.1, 0.15) is 19.8 Å². The van der Waals surface area contributed by atoms with Crippen LogP contribution in [0.5, 0.6) is 0 Å². The largest absolute Gasteiger partial charge is 0.326 e. The monoisotopic (exact) mass is 250 g/mol. The second kappa shape index (κ2) is 4.19. The normalized spacial score (nSPS) is 23.9. The predicted octanol–water partition coefficient (Wildman–Crippen LogP) is 1.66. The van der Waals surface area contributed by atoms with Crippen molar-refractivity contribution in [3.05, 3.63) is 18.3 Å². The molecule has 1 atom stereocenters. The summed E-state index contributed by atoms with van der Waals surface area (Å²) in [6.07, 6.45) is 2.84. The molecular weight excluding hydrogens is 235 g/mol. The first-order chi connectivity index (χ1) is 8.70. The zero-order valence-corrected chi connectivity index (χ0v) is 10.2. The number of aromatic nitrogens is 2. The van der Waals surface area contributed by atoms with Gasteiger partial charge in [0.2, 0.25) is 0 Å². The van der Waals surface area contributed by atoms with Crippen LogP contribution >= 0.6 is 0 Å². The van der Waals surface area contributed by atoms with E-state index < -0.39 is 6.08 Å². The topological polar surface area (TPSA) is 49.3 Å². The van der Waals surface area contributed by atoms with Gasteiger partial charge in [-0.3, -0.25) is 4.90 Å². The Morgan fingerprint density at radius 3 is 2.89 bits per heavy atom. The first kappa shape index (κ1) is 11.4. The Labute approximate surface area is 105 Å². The van der Waals surface area contributed by atoms with Crippen molar-refractivity contribution in [2.24, 2.45) is 5.92 Å². The van der Waals surface area contributed by atoms with Crippen molar-refractivity contribution in [3.8, 4) is 0 Å². The van der Waals surface area contributed by atoms with Crippen LogP contribution in [-0.4, -0.2) is 40.0 Å². The number of halogens is 1. The van der Waals surface area contributed by atoms with Crippen molar-refractivity contribution in [2.45, 2.75) is 25.8 Å². The molecule has 1 aromatic rings. The maximum atomic E-state index is 13.1. The maximum absolute atomic E-state index is 13.1. The summed E-state index contributed by atoms with van der Waals surface area (Å²) in [5, 5.41) is 0. The van der Waals surface area contributed by atoms with Crippen LogP contribution in [0.2, 0.25) is 0 Å². The van der Waals surface area contributed by atoms with Crippen molar-refractivity contribution in [1.82, 2.24) is 14.9 Å². The van der Waals surface area contributed by atoms with Gasteiger partial charge in [-0.05, 0) is 31.7 Å². The van der Waals surface area contributed by atoms with E-state index in [4.69, 9.17) is 0 Å². The van der Waals surface area contributed by atoms with E-state index in [0.29, 0.717) is 24.8 Å². The third-order valence-electron chi connectivity index (χ3n) is 3.62. The molecule has 1 saturated heterocycles. The van der Waals surface area contributed by atoms with Gasteiger partial charge in [0.1, 0.15) is 5.82 Å². The van der Waals surface area contributed by atoms with Crippen LogP contribution in [0, 0.1) is 12.0 Å². The first-order valence-electron chi connectivity index (χ1n) is 6.27. The lowest BCUT2D eigenvalue weighted by Crippen LogP contribution is -2.37. The molecular formula is C12H15FN4O. The minimum absolute atomic E-state index is 0.0764. The molecule has 1 unspecified atom stereocenters. The SMILES string of the molecule is CCN1CC(C2CC2)N(c2ccnc(F)n2)C1=O. The highest BCUT2D eigenvalue weighted by Gasteiger charge is 2.46. The standard InChI is InChI=1S/C12H15FN4O/c1-2-16-7-9(8-3-4-8)17(12(16)18)10-5-6-14-11(13)15-10/h5-6,8-9H,2-4,7H2,1H3. The molecule has 0 spiro atoms. The molecule has 96 valence electrons. The molecule has 6 heteroatoms. The Balaban J connectivity index is 1.94. The summed E-state index contributed by atoms with van der Waals surface area (Å²) < 4.78 is 13.1. The zero-order chi connectivity index (χ0) is 12.7. The smallest absolute Gasteiger partial charge is 0.322 e. The van der Waals surface area contributed by atoms with Gasteiger partial charge in [-0.25, -0.2) is 9.78 Å². The van der Waals surface area contributed by atoms with E-state index in [1.165, 1.54) is 6.20 Å². The Bertz CT molecular complexity index is 477. The summed E-state index contributed by atoms with van der Waals surface area (Å²) in [6.45, 7) is 3.34. The van der Waals surface area contributed by atoms with Crippen LogP contribution < -0.4 is 4.90 Å². The number of hydrogen-bond donors (Lipinski definition) is 0. The molecule has 2 amide bonds. The van der Waals surface area contributed by atoms with E-state index in [1.54, 1.807) is 15.9 Å². The lowest BCUT2D eigenvalue weighted by atomic mass is 10.2. The van der Waals surface area contributed by atoms with Gasteiger partial charge in [0, 0.05) is 19.3 Å². The maximum Gasteiger partial charge on any atom is 0.326 e. The number of rotatable bonds is 3. The molecule has 2 fully saturated rings. The van der Waals surface area contributed by atoms with E-state index in [0.717, 1.165) is 12.8 Å². The minimum atomic E-state index is -0.787. The third kappa shape index (κ3) is 1.81. The Kier molecular flexibility index (Phi) is 2.65. The Hall–Kier alpha value is -1.72. The van der Waals surface area contributed by atoms with Crippen molar-refractivity contribution in [1.29, 1.82) is 0 Å². The first-order valence-corrected chi connectivity index (χ1v) is 6.27. The van der Waals surface area contributed by atoms with Crippen LogP contribution in [0.4, 0.5) is 15.0 Å². The van der Waals surface area contributed by atoms with E-state index in [2.05, 4.69) is 9.97 Å². The highest BCUT2D eigenvalue weighted by atomic mass is 19.1. The second-order valence-electron chi connectivity index (χ2n) is 4.78. The Morgan fingerprint density at radius 2 is 2.28 bits per heavy atom. The molecule has 0 bridgehead atoms. The molecule has 0 N–H and O–H groups in total. The highest BCUT2D eigenvalue weighted by Crippen LogP contribution is 2.40. The molecule has 2 heterocycles. The molecule has 1 aliphatic carbocycles. The molecule has 18 heavy (non-hydrogen) atoms.